The zero-order valence-electron chi connectivity index (χ0n) is 18.9. The Morgan fingerprint density at radius 1 is 0.886 bits per heavy atom. The van der Waals surface area contributed by atoms with Crippen molar-refractivity contribution in [2.24, 2.45) is 0 Å². The molecule has 0 aliphatic carbocycles. The smallest absolute Gasteiger partial charge is 0.161 e. The molecule has 1 saturated heterocycles. The lowest BCUT2D eigenvalue weighted by atomic mass is 10.1. The first kappa shape index (κ1) is 20.4. The molecule has 0 saturated carbocycles. The van der Waals surface area contributed by atoms with Gasteiger partial charge in [0, 0.05) is 36.3 Å². The minimum absolute atomic E-state index is 0.668. The van der Waals surface area contributed by atoms with Gasteiger partial charge in [0.05, 0.1) is 22.9 Å². The molecule has 9 heteroatoms. The molecule has 6 aromatic rings. The second-order valence-corrected chi connectivity index (χ2v) is 9.69. The number of aromatic nitrogens is 7. The third kappa shape index (κ3) is 3.69. The van der Waals surface area contributed by atoms with E-state index in [-0.39, 0.29) is 0 Å². The maximum atomic E-state index is 4.98. The number of H-pyrrole nitrogens is 2. The minimum atomic E-state index is 0.668. The lowest BCUT2D eigenvalue weighted by Crippen LogP contribution is -2.18. The fourth-order valence-corrected chi connectivity index (χ4v) is 5.47. The van der Waals surface area contributed by atoms with Crippen LogP contribution in [0.2, 0.25) is 0 Å². The first-order chi connectivity index (χ1) is 17.3. The fraction of sp³-hybridized carbons (Fsp3) is 0.192. The van der Waals surface area contributed by atoms with Gasteiger partial charge in [0.2, 0.25) is 0 Å². The molecule has 8 nitrogen and oxygen atoms in total. The standard InChI is InChI=1S/C26H22N8S/c1-2-7-34(6-1)14-16-9-18(11-27-10-16)20-3-4-21-24(29-20)25(33-32-21)26-30-22-13-28-12-19(23(22)31-26)17-5-8-35-15-17/h3-5,8-13,15H,1-2,6-7,14H2,(H,30,31)(H,32,33). The number of nitrogens with zero attached hydrogens (tertiary/aromatic N) is 6. The van der Waals surface area contributed by atoms with Gasteiger partial charge in [-0.05, 0) is 72.1 Å². The van der Waals surface area contributed by atoms with E-state index in [4.69, 9.17) is 9.97 Å². The second-order valence-electron chi connectivity index (χ2n) is 8.91. The van der Waals surface area contributed by atoms with Crippen LogP contribution in [0.15, 0.2) is 59.8 Å². The highest BCUT2D eigenvalue weighted by atomic mass is 32.1. The van der Waals surface area contributed by atoms with E-state index in [1.807, 2.05) is 30.7 Å². The summed E-state index contributed by atoms with van der Waals surface area (Å²) in [6.45, 7) is 3.25. The van der Waals surface area contributed by atoms with Gasteiger partial charge in [-0.25, -0.2) is 9.97 Å². The van der Waals surface area contributed by atoms with Crippen molar-refractivity contribution >= 4 is 33.4 Å². The molecule has 0 unspecified atom stereocenters. The Morgan fingerprint density at radius 3 is 2.69 bits per heavy atom. The zero-order valence-corrected chi connectivity index (χ0v) is 19.7. The van der Waals surface area contributed by atoms with E-state index in [0.717, 1.165) is 64.1 Å². The molecular formula is C26H22N8S. The van der Waals surface area contributed by atoms with Gasteiger partial charge in [-0.15, -0.1) is 0 Å². The summed E-state index contributed by atoms with van der Waals surface area (Å²) in [6.07, 6.45) is 10.0. The number of hydrogen-bond donors (Lipinski definition) is 2. The Labute approximate surface area is 205 Å². The molecule has 0 spiro atoms. The van der Waals surface area contributed by atoms with Crippen LogP contribution in [0.25, 0.3) is 56.0 Å². The normalized spacial score (nSPS) is 14.4. The number of aromatic amines is 2. The summed E-state index contributed by atoms with van der Waals surface area (Å²) in [5.41, 5.74) is 9.27. The first-order valence-electron chi connectivity index (χ1n) is 11.7. The van der Waals surface area contributed by atoms with Crippen LogP contribution in [-0.2, 0) is 6.54 Å². The predicted molar refractivity (Wildman–Crippen MR) is 138 cm³/mol. The van der Waals surface area contributed by atoms with Crippen molar-refractivity contribution in [1.82, 2.24) is 40.0 Å². The van der Waals surface area contributed by atoms with Crippen molar-refractivity contribution in [3.05, 3.63) is 65.4 Å². The summed E-state index contributed by atoms with van der Waals surface area (Å²) in [5.74, 6) is 0.668. The molecule has 0 amide bonds. The summed E-state index contributed by atoms with van der Waals surface area (Å²) in [7, 11) is 0. The number of pyridine rings is 3. The van der Waals surface area contributed by atoms with Gasteiger partial charge in [0.15, 0.2) is 11.5 Å². The fourth-order valence-electron chi connectivity index (χ4n) is 4.81. The molecule has 35 heavy (non-hydrogen) atoms. The van der Waals surface area contributed by atoms with E-state index in [1.54, 1.807) is 17.5 Å². The third-order valence-electron chi connectivity index (χ3n) is 6.55. The Balaban J connectivity index is 1.28. The maximum Gasteiger partial charge on any atom is 0.161 e. The van der Waals surface area contributed by atoms with E-state index in [2.05, 4.69) is 52.9 Å². The highest BCUT2D eigenvalue weighted by Gasteiger charge is 2.18. The Hall–Kier alpha value is -3.95. The van der Waals surface area contributed by atoms with Crippen LogP contribution < -0.4 is 0 Å². The number of nitrogens with one attached hydrogen (secondary N) is 2. The quantitative estimate of drug-likeness (QED) is 0.350. The molecule has 0 radical (unpaired) electrons. The lowest BCUT2D eigenvalue weighted by Gasteiger charge is -2.14. The topological polar surface area (TPSA) is 99.3 Å². The Bertz CT molecular complexity index is 1640. The molecule has 0 bridgehead atoms. The first-order valence-corrected chi connectivity index (χ1v) is 12.6. The van der Waals surface area contributed by atoms with Gasteiger partial charge in [-0.2, -0.15) is 16.4 Å². The summed E-state index contributed by atoms with van der Waals surface area (Å²) in [6, 6.07) is 8.30. The van der Waals surface area contributed by atoms with Gasteiger partial charge in [-0.1, -0.05) is 0 Å². The van der Waals surface area contributed by atoms with Gasteiger partial charge in [-0.3, -0.25) is 20.0 Å². The number of hydrogen-bond acceptors (Lipinski definition) is 7. The second kappa shape index (κ2) is 8.37. The van der Waals surface area contributed by atoms with Crippen molar-refractivity contribution in [3.8, 4) is 33.9 Å². The molecule has 1 aliphatic heterocycles. The summed E-state index contributed by atoms with van der Waals surface area (Å²) >= 11 is 1.66. The van der Waals surface area contributed by atoms with E-state index >= 15 is 0 Å². The van der Waals surface area contributed by atoms with Crippen molar-refractivity contribution in [2.45, 2.75) is 19.4 Å². The van der Waals surface area contributed by atoms with Crippen LogP contribution in [-0.4, -0.2) is 53.1 Å². The molecule has 7 heterocycles. The number of imidazole rings is 1. The number of likely N-dealkylation sites (tertiary alicyclic amines) is 1. The Kier molecular flexibility index (Phi) is 4.88. The number of rotatable bonds is 5. The van der Waals surface area contributed by atoms with E-state index in [9.17, 15) is 0 Å². The van der Waals surface area contributed by atoms with Crippen molar-refractivity contribution in [2.75, 3.05) is 13.1 Å². The monoisotopic (exact) mass is 478 g/mol. The van der Waals surface area contributed by atoms with Gasteiger partial charge in [0.1, 0.15) is 11.0 Å². The maximum absolute atomic E-state index is 4.98. The molecule has 0 aromatic carbocycles. The molecule has 2 N–H and O–H groups in total. The van der Waals surface area contributed by atoms with Crippen LogP contribution in [0.3, 0.4) is 0 Å². The van der Waals surface area contributed by atoms with Gasteiger partial charge >= 0.3 is 0 Å². The van der Waals surface area contributed by atoms with E-state index in [1.165, 1.54) is 18.4 Å². The number of thiophene rings is 1. The zero-order chi connectivity index (χ0) is 23.2. The number of fused-ring (bicyclic) bond motifs is 2. The van der Waals surface area contributed by atoms with Crippen LogP contribution in [0, 0.1) is 0 Å². The summed E-state index contributed by atoms with van der Waals surface area (Å²) in [4.78, 5) is 24.7. The highest BCUT2D eigenvalue weighted by Crippen LogP contribution is 2.32. The van der Waals surface area contributed by atoms with Crippen LogP contribution in [0.1, 0.15) is 18.4 Å². The summed E-state index contributed by atoms with van der Waals surface area (Å²) < 4.78 is 0. The average molecular weight is 479 g/mol. The van der Waals surface area contributed by atoms with E-state index in [0.29, 0.717) is 11.5 Å². The molecular weight excluding hydrogens is 456 g/mol. The SMILES string of the molecule is c1cc(-c2cncc3[nH]c(-c4n[nH]c5ccc(-c6cncc(CN7CCCC7)c6)nc45)nc23)cs1. The van der Waals surface area contributed by atoms with Crippen LogP contribution >= 0.6 is 11.3 Å². The molecule has 6 aromatic heterocycles. The predicted octanol–water partition coefficient (Wildman–Crippen LogP) is 5.28. The lowest BCUT2D eigenvalue weighted by molar-refractivity contribution is 0.331. The van der Waals surface area contributed by atoms with Gasteiger partial charge in [0.25, 0.3) is 0 Å². The third-order valence-corrected chi connectivity index (χ3v) is 7.24. The van der Waals surface area contributed by atoms with Crippen molar-refractivity contribution < 1.29 is 0 Å². The van der Waals surface area contributed by atoms with Crippen molar-refractivity contribution in [3.63, 3.8) is 0 Å². The van der Waals surface area contributed by atoms with Crippen molar-refractivity contribution in [1.29, 1.82) is 0 Å². The molecule has 1 fully saturated rings. The molecule has 1 aliphatic rings. The molecule has 7 rings (SSSR count). The summed E-state index contributed by atoms with van der Waals surface area (Å²) in [5, 5.41) is 11.8. The average Bonchev–Trinajstić information content (AvgIpc) is 3.70. The molecule has 172 valence electrons. The van der Waals surface area contributed by atoms with E-state index < -0.39 is 0 Å². The van der Waals surface area contributed by atoms with Crippen LogP contribution in [0.4, 0.5) is 0 Å². The minimum Gasteiger partial charge on any atom is -0.335 e. The highest BCUT2D eigenvalue weighted by molar-refractivity contribution is 7.08. The molecule has 0 atom stereocenters. The Morgan fingerprint density at radius 2 is 1.80 bits per heavy atom. The van der Waals surface area contributed by atoms with Crippen LogP contribution in [0.5, 0.6) is 0 Å². The van der Waals surface area contributed by atoms with Gasteiger partial charge < -0.3 is 4.98 Å². The largest absolute Gasteiger partial charge is 0.335 e.